The average Bonchev–Trinajstić information content (AvgIpc) is 2.47. The smallest absolute Gasteiger partial charge is 0.188 e. The molecule has 1 fully saturated rings. The van der Waals surface area contributed by atoms with Crippen LogP contribution in [0.25, 0.3) is 0 Å². The van der Waals surface area contributed by atoms with Gasteiger partial charge in [-0.2, -0.15) is 0 Å². The maximum absolute atomic E-state index is 8.67. The van der Waals surface area contributed by atoms with E-state index in [1.807, 2.05) is 12.1 Å². The van der Waals surface area contributed by atoms with Crippen LogP contribution >= 0.6 is 0 Å². The predicted molar refractivity (Wildman–Crippen MR) is 76.7 cm³/mol. The van der Waals surface area contributed by atoms with Crippen molar-refractivity contribution in [3.05, 3.63) is 29.6 Å². The Labute approximate surface area is 119 Å². The molecule has 1 unspecified atom stereocenters. The summed E-state index contributed by atoms with van der Waals surface area (Å²) in [5.74, 6) is 0.0325. The fourth-order valence-corrected chi connectivity index (χ4v) is 2.44. The van der Waals surface area contributed by atoms with Crippen LogP contribution in [0.15, 0.2) is 23.5 Å². The molecule has 1 atom stereocenters. The Morgan fingerprint density at radius 2 is 2.45 bits per heavy atom. The highest BCUT2D eigenvalue weighted by Crippen LogP contribution is 2.14. The lowest BCUT2D eigenvalue weighted by molar-refractivity contribution is -0.00259. The largest absolute Gasteiger partial charge is 0.409 e. The molecule has 1 aromatic heterocycles. The zero-order chi connectivity index (χ0) is 14.4. The van der Waals surface area contributed by atoms with E-state index >= 15 is 0 Å². The molecule has 2 heterocycles. The van der Waals surface area contributed by atoms with Crippen LogP contribution < -0.4 is 5.73 Å². The number of hydrogen-bond donors (Lipinski definition) is 2. The van der Waals surface area contributed by atoms with Crippen LogP contribution in [0.1, 0.15) is 30.5 Å². The van der Waals surface area contributed by atoms with Crippen molar-refractivity contribution in [2.45, 2.75) is 31.9 Å². The molecule has 20 heavy (non-hydrogen) atoms. The first-order chi connectivity index (χ1) is 9.69. The van der Waals surface area contributed by atoms with Gasteiger partial charge in [-0.25, -0.2) is 0 Å². The minimum Gasteiger partial charge on any atom is -0.409 e. The summed E-state index contributed by atoms with van der Waals surface area (Å²) >= 11 is 0. The van der Waals surface area contributed by atoms with Crippen LogP contribution in [0.5, 0.6) is 0 Å². The van der Waals surface area contributed by atoms with Gasteiger partial charge in [-0.05, 0) is 44.0 Å². The van der Waals surface area contributed by atoms with Crippen molar-refractivity contribution in [3.63, 3.8) is 0 Å². The summed E-state index contributed by atoms with van der Waals surface area (Å²) in [7, 11) is 2.07. The van der Waals surface area contributed by atoms with Gasteiger partial charge >= 0.3 is 0 Å². The van der Waals surface area contributed by atoms with Crippen LogP contribution in [0.2, 0.25) is 0 Å². The second-order valence-electron chi connectivity index (χ2n) is 5.22. The highest BCUT2D eigenvalue weighted by Gasteiger charge is 2.16. The minimum absolute atomic E-state index is 0.0325. The minimum atomic E-state index is 0.0325. The monoisotopic (exact) mass is 278 g/mol. The Morgan fingerprint density at radius 1 is 1.60 bits per heavy atom. The zero-order valence-corrected chi connectivity index (χ0v) is 11.8. The van der Waals surface area contributed by atoms with E-state index in [2.05, 4.69) is 22.1 Å². The SMILES string of the molecule is CN(Cc1ccnc(C(N)=NO)c1)CC1CCCCO1. The van der Waals surface area contributed by atoms with Gasteiger partial charge in [-0.15, -0.1) is 0 Å². The molecule has 110 valence electrons. The molecule has 0 aliphatic carbocycles. The van der Waals surface area contributed by atoms with Crippen molar-refractivity contribution in [2.75, 3.05) is 20.2 Å². The van der Waals surface area contributed by atoms with E-state index < -0.39 is 0 Å². The molecule has 1 saturated heterocycles. The van der Waals surface area contributed by atoms with E-state index in [1.165, 1.54) is 12.8 Å². The Morgan fingerprint density at radius 3 is 3.15 bits per heavy atom. The van der Waals surface area contributed by atoms with E-state index in [-0.39, 0.29) is 5.84 Å². The number of aromatic nitrogens is 1. The molecule has 1 aliphatic rings. The molecule has 0 saturated carbocycles. The van der Waals surface area contributed by atoms with Crippen LogP contribution in [-0.4, -0.2) is 47.2 Å². The predicted octanol–water partition coefficient (Wildman–Crippen LogP) is 1.18. The van der Waals surface area contributed by atoms with Crippen molar-refractivity contribution < 1.29 is 9.94 Å². The third-order valence-electron chi connectivity index (χ3n) is 3.44. The van der Waals surface area contributed by atoms with Crippen LogP contribution in [0, 0.1) is 0 Å². The van der Waals surface area contributed by atoms with Crippen molar-refractivity contribution in [1.29, 1.82) is 0 Å². The lowest BCUT2D eigenvalue weighted by atomic mass is 10.1. The number of nitrogens with zero attached hydrogens (tertiary/aromatic N) is 3. The molecule has 0 amide bonds. The number of rotatable bonds is 5. The van der Waals surface area contributed by atoms with Gasteiger partial charge in [0.2, 0.25) is 0 Å². The van der Waals surface area contributed by atoms with Crippen molar-refractivity contribution in [2.24, 2.45) is 10.9 Å². The number of hydrogen-bond acceptors (Lipinski definition) is 5. The standard InChI is InChI=1S/C14H22N4O2/c1-18(10-12-4-2-3-7-20-12)9-11-5-6-16-13(8-11)14(15)17-19/h5-6,8,12,19H,2-4,7,9-10H2,1H3,(H2,15,17). The van der Waals surface area contributed by atoms with Crippen LogP contribution in [-0.2, 0) is 11.3 Å². The van der Waals surface area contributed by atoms with Gasteiger partial charge in [0.25, 0.3) is 0 Å². The Balaban J connectivity index is 1.91. The highest BCUT2D eigenvalue weighted by atomic mass is 16.5. The molecule has 1 aliphatic heterocycles. The van der Waals surface area contributed by atoms with E-state index in [4.69, 9.17) is 15.7 Å². The van der Waals surface area contributed by atoms with E-state index in [0.29, 0.717) is 11.8 Å². The van der Waals surface area contributed by atoms with E-state index in [0.717, 1.165) is 31.7 Å². The lowest BCUT2D eigenvalue weighted by Gasteiger charge is -2.27. The second kappa shape index (κ2) is 7.21. The maximum Gasteiger partial charge on any atom is 0.188 e. The second-order valence-corrected chi connectivity index (χ2v) is 5.22. The molecule has 6 nitrogen and oxygen atoms in total. The molecular formula is C14H22N4O2. The Kier molecular flexibility index (Phi) is 5.31. The summed E-state index contributed by atoms with van der Waals surface area (Å²) in [6.45, 7) is 2.58. The summed E-state index contributed by atoms with van der Waals surface area (Å²) in [5, 5.41) is 11.6. The maximum atomic E-state index is 8.67. The molecule has 6 heteroatoms. The van der Waals surface area contributed by atoms with Gasteiger partial charge < -0.3 is 15.7 Å². The fraction of sp³-hybridized carbons (Fsp3) is 0.571. The summed E-state index contributed by atoms with van der Waals surface area (Å²) in [4.78, 5) is 6.30. The number of pyridine rings is 1. The molecule has 1 aromatic rings. The number of ether oxygens (including phenoxy) is 1. The van der Waals surface area contributed by atoms with E-state index in [9.17, 15) is 0 Å². The van der Waals surface area contributed by atoms with Gasteiger partial charge in [0.1, 0.15) is 5.69 Å². The van der Waals surface area contributed by atoms with Gasteiger partial charge in [0.15, 0.2) is 5.84 Å². The summed E-state index contributed by atoms with van der Waals surface area (Å²) < 4.78 is 5.74. The van der Waals surface area contributed by atoms with Crippen LogP contribution in [0.4, 0.5) is 0 Å². The van der Waals surface area contributed by atoms with Crippen molar-refractivity contribution in [1.82, 2.24) is 9.88 Å². The summed E-state index contributed by atoms with van der Waals surface area (Å²) in [6, 6.07) is 3.78. The topological polar surface area (TPSA) is 84.0 Å². The Bertz CT molecular complexity index is 458. The van der Waals surface area contributed by atoms with Crippen molar-refractivity contribution in [3.8, 4) is 0 Å². The molecule has 3 N–H and O–H groups in total. The summed E-state index contributed by atoms with van der Waals surface area (Å²) in [6.07, 6.45) is 5.57. The highest BCUT2D eigenvalue weighted by molar-refractivity contribution is 5.95. The molecule has 0 aromatic carbocycles. The fourth-order valence-electron chi connectivity index (χ4n) is 2.44. The number of oxime groups is 1. The van der Waals surface area contributed by atoms with Gasteiger partial charge in [-0.3, -0.25) is 9.88 Å². The van der Waals surface area contributed by atoms with Gasteiger partial charge in [0, 0.05) is 25.9 Å². The third kappa shape index (κ3) is 4.18. The zero-order valence-electron chi connectivity index (χ0n) is 11.8. The number of likely N-dealkylation sites (N-methyl/N-ethyl adjacent to an activating group) is 1. The normalized spacial score (nSPS) is 20.3. The molecular weight excluding hydrogens is 256 g/mol. The quantitative estimate of drug-likeness (QED) is 0.366. The first kappa shape index (κ1) is 14.7. The number of nitrogens with two attached hydrogens (primary N) is 1. The Hall–Kier alpha value is -1.66. The first-order valence-corrected chi connectivity index (χ1v) is 6.92. The van der Waals surface area contributed by atoms with Gasteiger partial charge in [0.05, 0.1) is 6.10 Å². The molecule has 0 radical (unpaired) electrons. The summed E-state index contributed by atoms with van der Waals surface area (Å²) in [5.41, 5.74) is 7.12. The first-order valence-electron chi connectivity index (χ1n) is 6.92. The molecule has 0 spiro atoms. The average molecular weight is 278 g/mol. The molecule has 0 bridgehead atoms. The third-order valence-corrected chi connectivity index (χ3v) is 3.44. The van der Waals surface area contributed by atoms with Crippen molar-refractivity contribution >= 4 is 5.84 Å². The lowest BCUT2D eigenvalue weighted by Crippen LogP contribution is -2.33. The van der Waals surface area contributed by atoms with Gasteiger partial charge in [-0.1, -0.05) is 5.16 Å². The van der Waals surface area contributed by atoms with Crippen LogP contribution in [0.3, 0.4) is 0 Å². The number of amidine groups is 1. The molecule has 2 rings (SSSR count). The van der Waals surface area contributed by atoms with E-state index in [1.54, 1.807) is 6.20 Å².